The molecule has 0 heterocycles. The van der Waals surface area contributed by atoms with E-state index in [9.17, 15) is 9.90 Å². The van der Waals surface area contributed by atoms with Crippen LogP contribution in [-0.2, 0) is 0 Å². The molecular weight excluding hydrogens is 254 g/mol. The van der Waals surface area contributed by atoms with Crippen LogP contribution in [0.5, 0.6) is 5.75 Å². The van der Waals surface area contributed by atoms with Gasteiger partial charge in [0, 0.05) is 6.54 Å². The number of halogens is 1. The van der Waals surface area contributed by atoms with Crippen LogP contribution < -0.4 is 10.1 Å². The smallest absolute Gasteiger partial charge is 0.256 e. The van der Waals surface area contributed by atoms with Crippen molar-refractivity contribution >= 4 is 17.5 Å². The van der Waals surface area contributed by atoms with E-state index in [4.69, 9.17) is 16.3 Å². The largest absolute Gasteiger partial charge is 0.496 e. The molecule has 1 aromatic carbocycles. The van der Waals surface area contributed by atoms with Gasteiger partial charge in [-0.25, -0.2) is 0 Å². The Hall–Kier alpha value is -1.26. The molecule has 1 amide bonds. The van der Waals surface area contributed by atoms with Gasteiger partial charge in [-0.2, -0.15) is 0 Å². The van der Waals surface area contributed by atoms with E-state index in [1.165, 1.54) is 7.11 Å². The van der Waals surface area contributed by atoms with Crippen molar-refractivity contribution in [3.63, 3.8) is 0 Å². The highest BCUT2D eigenvalue weighted by molar-refractivity contribution is 6.34. The summed E-state index contributed by atoms with van der Waals surface area (Å²) in [6.07, 6.45) is 0.804. The molecular formula is C13H18ClNO3. The average molecular weight is 272 g/mol. The molecule has 0 aliphatic rings. The number of methoxy groups -OCH3 is 1. The van der Waals surface area contributed by atoms with E-state index < -0.39 is 6.10 Å². The summed E-state index contributed by atoms with van der Waals surface area (Å²) in [4.78, 5) is 12.0. The molecule has 1 atom stereocenters. The summed E-state index contributed by atoms with van der Waals surface area (Å²) in [5.74, 6) is 0.150. The van der Waals surface area contributed by atoms with Crippen LogP contribution >= 0.6 is 11.6 Å². The van der Waals surface area contributed by atoms with Gasteiger partial charge in [0.05, 0.1) is 23.8 Å². The Labute approximate surface area is 112 Å². The first-order chi connectivity index (χ1) is 8.60. The van der Waals surface area contributed by atoms with Crippen molar-refractivity contribution in [3.8, 4) is 5.75 Å². The van der Waals surface area contributed by atoms with Crippen molar-refractivity contribution in [2.24, 2.45) is 0 Å². The Morgan fingerprint density at radius 1 is 1.56 bits per heavy atom. The van der Waals surface area contributed by atoms with Crippen molar-refractivity contribution in [1.82, 2.24) is 5.32 Å². The standard InChI is InChI=1S/C13H18ClNO3/c1-3-9(16)7-8-15-13(17)12-10(14)5-4-6-11(12)18-2/h4-6,9,16H,3,7-8H2,1-2H3,(H,15,17). The normalized spacial score (nSPS) is 12.0. The molecule has 100 valence electrons. The molecule has 4 nitrogen and oxygen atoms in total. The second-order valence-corrected chi connectivity index (χ2v) is 4.33. The van der Waals surface area contributed by atoms with E-state index in [1.54, 1.807) is 18.2 Å². The summed E-state index contributed by atoms with van der Waals surface area (Å²) in [6, 6.07) is 5.04. The Balaban J connectivity index is 2.67. The number of rotatable bonds is 6. The van der Waals surface area contributed by atoms with Crippen LogP contribution in [0.3, 0.4) is 0 Å². The molecule has 0 aliphatic heterocycles. The summed E-state index contributed by atoms with van der Waals surface area (Å²) in [5.41, 5.74) is 0.327. The third-order valence-electron chi connectivity index (χ3n) is 2.66. The lowest BCUT2D eigenvalue weighted by Gasteiger charge is -2.12. The third-order valence-corrected chi connectivity index (χ3v) is 2.97. The summed E-state index contributed by atoms with van der Waals surface area (Å²) < 4.78 is 5.10. The highest BCUT2D eigenvalue weighted by atomic mass is 35.5. The van der Waals surface area contributed by atoms with Gasteiger partial charge in [-0.15, -0.1) is 0 Å². The van der Waals surface area contributed by atoms with E-state index in [-0.39, 0.29) is 5.91 Å². The van der Waals surface area contributed by atoms with Crippen LogP contribution in [0.2, 0.25) is 5.02 Å². The second kappa shape index (κ2) is 7.24. The van der Waals surface area contributed by atoms with Crippen LogP contribution in [0.25, 0.3) is 0 Å². The molecule has 0 aromatic heterocycles. The fourth-order valence-corrected chi connectivity index (χ4v) is 1.79. The van der Waals surface area contributed by atoms with E-state index in [0.29, 0.717) is 35.7 Å². The second-order valence-electron chi connectivity index (χ2n) is 3.92. The topological polar surface area (TPSA) is 58.6 Å². The SMILES string of the molecule is CCC(O)CCNC(=O)c1c(Cl)cccc1OC. The summed E-state index contributed by atoms with van der Waals surface area (Å²) in [6.45, 7) is 2.30. The van der Waals surface area contributed by atoms with Crippen LogP contribution in [-0.4, -0.2) is 30.8 Å². The number of nitrogens with one attached hydrogen (secondary N) is 1. The van der Waals surface area contributed by atoms with Gasteiger partial charge in [-0.3, -0.25) is 4.79 Å². The van der Waals surface area contributed by atoms with Gasteiger partial charge in [-0.05, 0) is 25.0 Å². The molecule has 1 unspecified atom stereocenters. The van der Waals surface area contributed by atoms with Crippen LogP contribution in [0.1, 0.15) is 30.1 Å². The molecule has 0 spiro atoms. The van der Waals surface area contributed by atoms with Gasteiger partial charge in [0.2, 0.25) is 0 Å². The molecule has 0 radical (unpaired) electrons. The van der Waals surface area contributed by atoms with Gasteiger partial charge >= 0.3 is 0 Å². The van der Waals surface area contributed by atoms with Gasteiger partial charge in [0.1, 0.15) is 5.75 Å². The molecule has 2 N–H and O–H groups in total. The molecule has 18 heavy (non-hydrogen) atoms. The molecule has 0 bridgehead atoms. The van der Waals surface area contributed by atoms with Crippen molar-refractivity contribution in [1.29, 1.82) is 0 Å². The Bertz CT molecular complexity index is 409. The predicted molar refractivity (Wildman–Crippen MR) is 71.3 cm³/mol. The minimum atomic E-state index is -0.390. The lowest BCUT2D eigenvalue weighted by atomic mass is 10.1. The quantitative estimate of drug-likeness (QED) is 0.834. The van der Waals surface area contributed by atoms with Crippen molar-refractivity contribution in [2.75, 3.05) is 13.7 Å². The number of hydrogen-bond acceptors (Lipinski definition) is 3. The first kappa shape index (κ1) is 14.8. The van der Waals surface area contributed by atoms with Gasteiger partial charge in [0.15, 0.2) is 0 Å². The van der Waals surface area contributed by atoms with Crippen molar-refractivity contribution in [2.45, 2.75) is 25.9 Å². The van der Waals surface area contributed by atoms with Crippen molar-refractivity contribution < 1.29 is 14.6 Å². The van der Waals surface area contributed by atoms with E-state index in [0.717, 1.165) is 0 Å². The maximum Gasteiger partial charge on any atom is 0.256 e. The Kier molecular flexibility index (Phi) is 5.95. The fourth-order valence-electron chi connectivity index (χ4n) is 1.54. The number of carbonyl (C=O) groups excluding carboxylic acids is 1. The lowest BCUT2D eigenvalue weighted by molar-refractivity contribution is 0.0939. The number of amides is 1. The van der Waals surface area contributed by atoms with Crippen LogP contribution in [0.15, 0.2) is 18.2 Å². The number of hydrogen-bond donors (Lipinski definition) is 2. The first-order valence-electron chi connectivity index (χ1n) is 5.88. The molecule has 1 rings (SSSR count). The summed E-state index contributed by atoms with van der Waals surface area (Å²) >= 11 is 5.98. The summed E-state index contributed by atoms with van der Waals surface area (Å²) in [7, 11) is 1.49. The molecule has 0 aliphatic carbocycles. The number of aliphatic hydroxyl groups excluding tert-OH is 1. The van der Waals surface area contributed by atoms with Crippen molar-refractivity contribution in [3.05, 3.63) is 28.8 Å². The van der Waals surface area contributed by atoms with Crippen LogP contribution in [0, 0.1) is 0 Å². The Morgan fingerprint density at radius 2 is 2.28 bits per heavy atom. The number of aliphatic hydroxyl groups is 1. The monoisotopic (exact) mass is 271 g/mol. The highest BCUT2D eigenvalue weighted by Crippen LogP contribution is 2.25. The average Bonchev–Trinajstić information content (AvgIpc) is 2.37. The number of carbonyl (C=O) groups is 1. The third kappa shape index (κ3) is 3.89. The highest BCUT2D eigenvalue weighted by Gasteiger charge is 2.15. The first-order valence-corrected chi connectivity index (χ1v) is 6.26. The zero-order valence-corrected chi connectivity index (χ0v) is 11.3. The predicted octanol–water partition coefficient (Wildman–Crippen LogP) is 2.24. The van der Waals surface area contributed by atoms with Gasteiger partial charge in [-0.1, -0.05) is 24.6 Å². The molecule has 0 saturated carbocycles. The van der Waals surface area contributed by atoms with Crippen LogP contribution in [0.4, 0.5) is 0 Å². The maximum absolute atomic E-state index is 12.0. The molecule has 0 saturated heterocycles. The lowest BCUT2D eigenvalue weighted by Crippen LogP contribution is -2.27. The van der Waals surface area contributed by atoms with E-state index in [2.05, 4.69) is 5.32 Å². The number of ether oxygens (including phenoxy) is 1. The molecule has 5 heteroatoms. The zero-order chi connectivity index (χ0) is 13.5. The molecule has 0 fully saturated rings. The zero-order valence-electron chi connectivity index (χ0n) is 10.6. The maximum atomic E-state index is 12.0. The summed E-state index contributed by atoms with van der Waals surface area (Å²) in [5, 5.41) is 12.5. The van der Waals surface area contributed by atoms with Gasteiger partial charge < -0.3 is 15.2 Å². The van der Waals surface area contributed by atoms with E-state index in [1.807, 2.05) is 6.92 Å². The minimum absolute atomic E-state index is 0.291. The minimum Gasteiger partial charge on any atom is -0.496 e. The molecule has 1 aromatic rings. The number of benzene rings is 1. The fraction of sp³-hybridized carbons (Fsp3) is 0.462. The van der Waals surface area contributed by atoms with Gasteiger partial charge in [0.25, 0.3) is 5.91 Å². The van der Waals surface area contributed by atoms with E-state index >= 15 is 0 Å². The Morgan fingerprint density at radius 3 is 2.89 bits per heavy atom.